The number of carbonyl (C=O) groups is 2. The standard InChI is InChI=1S/C20H18F3N3O4/c21-20(22,23)13-2-4-17(25-10-13)30-14-7-11-5-6-29-18(11)15(8-14)26-19(28)12-1-3-16(27)24-9-12/h2,4,7-8,10,12H,1,3,5-6,9H2,(H,24,27)(H,26,28). The molecule has 158 valence electrons. The molecule has 1 atom stereocenters. The Morgan fingerprint density at radius 2 is 2.10 bits per heavy atom. The summed E-state index contributed by atoms with van der Waals surface area (Å²) in [5, 5.41) is 5.48. The molecule has 0 aliphatic carbocycles. The van der Waals surface area contributed by atoms with Crippen LogP contribution in [-0.4, -0.2) is 29.9 Å². The molecule has 2 aliphatic heterocycles. The molecule has 1 aromatic heterocycles. The average Bonchev–Trinajstić information content (AvgIpc) is 3.17. The highest BCUT2D eigenvalue weighted by Gasteiger charge is 2.31. The van der Waals surface area contributed by atoms with Gasteiger partial charge in [0.25, 0.3) is 0 Å². The summed E-state index contributed by atoms with van der Waals surface area (Å²) >= 11 is 0. The van der Waals surface area contributed by atoms with Crippen LogP contribution in [0.3, 0.4) is 0 Å². The molecule has 0 saturated carbocycles. The zero-order valence-electron chi connectivity index (χ0n) is 15.7. The first-order valence-electron chi connectivity index (χ1n) is 9.38. The number of nitrogens with one attached hydrogen (secondary N) is 2. The van der Waals surface area contributed by atoms with Crippen LogP contribution in [0, 0.1) is 5.92 Å². The molecule has 10 heteroatoms. The summed E-state index contributed by atoms with van der Waals surface area (Å²) in [6.45, 7) is 0.707. The van der Waals surface area contributed by atoms with Crippen LogP contribution in [0.1, 0.15) is 24.0 Å². The summed E-state index contributed by atoms with van der Waals surface area (Å²) in [4.78, 5) is 27.6. The Kier molecular flexibility index (Phi) is 5.23. The van der Waals surface area contributed by atoms with Gasteiger partial charge in [0.15, 0.2) is 0 Å². The van der Waals surface area contributed by atoms with E-state index in [1.54, 1.807) is 12.1 Å². The molecular weight excluding hydrogens is 403 g/mol. The van der Waals surface area contributed by atoms with Gasteiger partial charge in [-0.15, -0.1) is 0 Å². The summed E-state index contributed by atoms with van der Waals surface area (Å²) in [5.41, 5.74) is 0.352. The van der Waals surface area contributed by atoms with Gasteiger partial charge in [0.1, 0.15) is 11.5 Å². The lowest BCUT2D eigenvalue weighted by Gasteiger charge is -2.22. The highest BCUT2D eigenvalue weighted by molar-refractivity contribution is 5.96. The van der Waals surface area contributed by atoms with Gasteiger partial charge in [0, 0.05) is 43.3 Å². The largest absolute Gasteiger partial charge is 0.491 e. The van der Waals surface area contributed by atoms with E-state index in [0.717, 1.165) is 17.7 Å². The van der Waals surface area contributed by atoms with E-state index in [1.807, 2.05) is 0 Å². The molecule has 2 N–H and O–H groups in total. The van der Waals surface area contributed by atoms with Crippen molar-refractivity contribution >= 4 is 17.5 Å². The second kappa shape index (κ2) is 7.85. The molecule has 2 aromatic rings. The van der Waals surface area contributed by atoms with Crippen LogP contribution in [0.5, 0.6) is 17.4 Å². The van der Waals surface area contributed by atoms with E-state index in [0.29, 0.717) is 42.8 Å². The molecule has 0 spiro atoms. The number of nitrogens with zero attached hydrogens (tertiary/aromatic N) is 1. The fourth-order valence-corrected chi connectivity index (χ4v) is 3.35. The predicted octanol–water partition coefficient (Wildman–Crippen LogP) is 3.29. The number of rotatable bonds is 4. The Labute approximate surface area is 169 Å². The molecule has 3 heterocycles. The van der Waals surface area contributed by atoms with Crippen molar-refractivity contribution in [1.29, 1.82) is 0 Å². The van der Waals surface area contributed by atoms with Crippen molar-refractivity contribution in [1.82, 2.24) is 10.3 Å². The minimum atomic E-state index is -4.48. The third-order valence-corrected chi connectivity index (χ3v) is 4.94. The third-order valence-electron chi connectivity index (χ3n) is 4.94. The van der Waals surface area contributed by atoms with E-state index in [1.165, 1.54) is 0 Å². The van der Waals surface area contributed by atoms with E-state index >= 15 is 0 Å². The van der Waals surface area contributed by atoms with Crippen molar-refractivity contribution in [2.45, 2.75) is 25.4 Å². The minimum absolute atomic E-state index is 0.00543. The van der Waals surface area contributed by atoms with Crippen molar-refractivity contribution < 1.29 is 32.2 Å². The summed E-state index contributed by atoms with van der Waals surface area (Å²) in [5.74, 6) is 0.157. The first-order valence-corrected chi connectivity index (χ1v) is 9.38. The fraction of sp³-hybridized carbons (Fsp3) is 0.350. The van der Waals surface area contributed by atoms with E-state index < -0.39 is 11.7 Å². The monoisotopic (exact) mass is 421 g/mol. The molecule has 1 unspecified atom stereocenters. The molecule has 2 aliphatic rings. The lowest BCUT2D eigenvalue weighted by atomic mass is 9.98. The SMILES string of the molecule is O=C1CCC(C(=O)Nc2cc(Oc3ccc(C(F)(F)F)cn3)cc3c2OCC3)CN1. The highest BCUT2D eigenvalue weighted by atomic mass is 19.4. The number of alkyl halides is 3. The van der Waals surface area contributed by atoms with Gasteiger partial charge < -0.3 is 20.1 Å². The normalized spacial score (nSPS) is 18.2. The van der Waals surface area contributed by atoms with Gasteiger partial charge in [-0.1, -0.05) is 0 Å². The van der Waals surface area contributed by atoms with Crippen LogP contribution >= 0.6 is 0 Å². The summed E-state index contributed by atoms with van der Waals surface area (Å²) in [6, 6.07) is 5.27. The Morgan fingerprint density at radius 3 is 2.77 bits per heavy atom. The molecule has 0 bridgehead atoms. The van der Waals surface area contributed by atoms with E-state index in [-0.39, 0.29) is 36.6 Å². The number of amides is 2. The maximum Gasteiger partial charge on any atom is 0.417 e. The van der Waals surface area contributed by atoms with Gasteiger partial charge in [0.05, 0.1) is 23.8 Å². The summed E-state index contributed by atoms with van der Waals surface area (Å²) in [7, 11) is 0. The van der Waals surface area contributed by atoms with Crippen molar-refractivity contribution in [2.24, 2.45) is 5.92 Å². The second-order valence-corrected chi connectivity index (χ2v) is 7.07. The van der Waals surface area contributed by atoms with Gasteiger partial charge >= 0.3 is 6.18 Å². The number of pyridine rings is 1. The van der Waals surface area contributed by atoms with Gasteiger partial charge in [-0.05, 0) is 18.6 Å². The van der Waals surface area contributed by atoms with Crippen LogP contribution < -0.4 is 20.1 Å². The number of carbonyl (C=O) groups excluding carboxylic acids is 2. The first-order chi connectivity index (χ1) is 14.3. The van der Waals surface area contributed by atoms with Gasteiger partial charge in [0.2, 0.25) is 17.7 Å². The predicted molar refractivity (Wildman–Crippen MR) is 99.3 cm³/mol. The van der Waals surface area contributed by atoms with E-state index in [9.17, 15) is 22.8 Å². The third kappa shape index (κ3) is 4.32. The molecule has 1 saturated heterocycles. The van der Waals surface area contributed by atoms with Crippen LogP contribution in [0.4, 0.5) is 18.9 Å². The molecule has 1 aromatic carbocycles. The molecular formula is C20H18F3N3O4. The fourth-order valence-electron chi connectivity index (χ4n) is 3.35. The number of aromatic nitrogens is 1. The quantitative estimate of drug-likeness (QED) is 0.791. The topological polar surface area (TPSA) is 89.6 Å². The van der Waals surface area contributed by atoms with Crippen molar-refractivity contribution in [3.63, 3.8) is 0 Å². The smallest absolute Gasteiger partial charge is 0.417 e. The van der Waals surface area contributed by atoms with Crippen LogP contribution in [0.2, 0.25) is 0 Å². The zero-order chi connectivity index (χ0) is 21.3. The molecule has 30 heavy (non-hydrogen) atoms. The Balaban J connectivity index is 1.52. The minimum Gasteiger partial charge on any atom is -0.491 e. The molecule has 0 radical (unpaired) electrons. The summed E-state index contributed by atoms with van der Waals surface area (Å²) in [6.07, 6.45) is -2.44. The number of ether oxygens (including phenoxy) is 2. The summed E-state index contributed by atoms with van der Waals surface area (Å²) < 4.78 is 49.3. The van der Waals surface area contributed by atoms with Crippen LogP contribution in [0.15, 0.2) is 30.5 Å². The van der Waals surface area contributed by atoms with Crippen LogP contribution in [-0.2, 0) is 22.2 Å². The Bertz CT molecular complexity index is 966. The van der Waals surface area contributed by atoms with Gasteiger partial charge in [-0.3, -0.25) is 9.59 Å². The second-order valence-electron chi connectivity index (χ2n) is 7.07. The van der Waals surface area contributed by atoms with Crippen molar-refractivity contribution in [3.8, 4) is 17.4 Å². The molecule has 1 fully saturated rings. The van der Waals surface area contributed by atoms with E-state index in [4.69, 9.17) is 9.47 Å². The molecule has 7 nitrogen and oxygen atoms in total. The van der Waals surface area contributed by atoms with Crippen LogP contribution in [0.25, 0.3) is 0 Å². The maximum atomic E-state index is 12.7. The number of piperidine rings is 1. The number of hydrogen-bond acceptors (Lipinski definition) is 5. The number of hydrogen-bond donors (Lipinski definition) is 2. The van der Waals surface area contributed by atoms with Gasteiger partial charge in [-0.25, -0.2) is 4.98 Å². The van der Waals surface area contributed by atoms with E-state index in [2.05, 4.69) is 15.6 Å². The lowest BCUT2D eigenvalue weighted by molar-refractivity contribution is -0.138. The maximum absolute atomic E-state index is 12.7. The van der Waals surface area contributed by atoms with Crippen molar-refractivity contribution in [2.75, 3.05) is 18.5 Å². The average molecular weight is 421 g/mol. The lowest BCUT2D eigenvalue weighted by Crippen LogP contribution is -2.40. The molecule has 2 amide bonds. The first kappa shape index (κ1) is 20.0. The number of halogens is 3. The number of fused-ring (bicyclic) bond motifs is 1. The Hall–Kier alpha value is -3.30. The molecule has 4 rings (SSSR count). The van der Waals surface area contributed by atoms with Gasteiger partial charge in [-0.2, -0.15) is 13.2 Å². The number of benzene rings is 1. The number of anilines is 1. The zero-order valence-corrected chi connectivity index (χ0v) is 15.7. The highest BCUT2D eigenvalue weighted by Crippen LogP contribution is 2.39. The Morgan fingerprint density at radius 1 is 1.27 bits per heavy atom. The van der Waals surface area contributed by atoms with Crippen molar-refractivity contribution in [3.05, 3.63) is 41.6 Å².